The molecule has 19 heavy (non-hydrogen) atoms. The molecule has 2 unspecified atom stereocenters. The van der Waals surface area contributed by atoms with Gasteiger partial charge >= 0.3 is 0 Å². The van der Waals surface area contributed by atoms with E-state index in [1.807, 2.05) is 0 Å². The van der Waals surface area contributed by atoms with Crippen LogP contribution in [0.15, 0.2) is 6.07 Å². The van der Waals surface area contributed by atoms with Crippen molar-refractivity contribution in [1.29, 1.82) is 0 Å². The molecule has 0 aliphatic carbocycles. The van der Waals surface area contributed by atoms with E-state index in [9.17, 15) is 4.79 Å². The van der Waals surface area contributed by atoms with Gasteiger partial charge in [-0.3, -0.25) is 14.6 Å². The number of carbonyl (C=O) groups excluding carboxylic acids is 1. The molecule has 1 aliphatic rings. The Labute approximate surface area is 128 Å². The molecule has 1 aromatic heterocycles. The van der Waals surface area contributed by atoms with Gasteiger partial charge in [0.05, 0.1) is 16.4 Å². The van der Waals surface area contributed by atoms with Crippen LogP contribution in [0.1, 0.15) is 24.2 Å². The first-order valence-corrected chi connectivity index (χ1v) is 7.88. The van der Waals surface area contributed by atoms with E-state index >= 15 is 0 Å². The first-order valence-electron chi connectivity index (χ1n) is 6.30. The molecule has 1 aromatic rings. The molecule has 0 aromatic carbocycles. The van der Waals surface area contributed by atoms with Gasteiger partial charge in [0.25, 0.3) is 0 Å². The number of hydrogen-bond acceptors (Lipinski definition) is 4. The van der Waals surface area contributed by atoms with Crippen molar-refractivity contribution >= 4 is 40.3 Å². The lowest BCUT2D eigenvalue weighted by Crippen LogP contribution is -2.55. The van der Waals surface area contributed by atoms with Gasteiger partial charge in [-0.25, -0.2) is 0 Å². The minimum absolute atomic E-state index is 0.0529. The van der Waals surface area contributed by atoms with E-state index in [0.29, 0.717) is 32.9 Å². The van der Waals surface area contributed by atoms with E-state index in [-0.39, 0.29) is 5.78 Å². The Balaban J connectivity index is 2.02. The van der Waals surface area contributed by atoms with Crippen LogP contribution in [0.4, 0.5) is 0 Å². The number of piperazine rings is 1. The number of carbonyl (C=O) groups is 1. The average Bonchev–Trinajstić information content (AvgIpc) is 2.65. The van der Waals surface area contributed by atoms with Crippen LogP contribution in [0.2, 0.25) is 8.67 Å². The molecule has 2 atom stereocenters. The average molecular weight is 321 g/mol. The van der Waals surface area contributed by atoms with Gasteiger partial charge in [0.15, 0.2) is 5.78 Å². The van der Waals surface area contributed by atoms with Crippen molar-refractivity contribution in [2.75, 3.05) is 26.7 Å². The number of rotatable bonds is 3. The fourth-order valence-electron chi connectivity index (χ4n) is 2.46. The fraction of sp³-hybridized carbons (Fsp3) is 0.615. The number of halogens is 2. The minimum atomic E-state index is 0.0529. The van der Waals surface area contributed by atoms with Crippen LogP contribution in [0.25, 0.3) is 0 Å². The van der Waals surface area contributed by atoms with E-state index in [2.05, 4.69) is 30.7 Å². The highest BCUT2D eigenvalue weighted by Gasteiger charge is 2.28. The van der Waals surface area contributed by atoms with Crippen molar-refractivity contribution in [3.8, 4) is 0 Å². The van der Waals surface area contributed by atoms with Crippen LogP contribution in [-0.4, -0.2) is 54.3 Å². The van der Waals surface area contributed by atoms with Crippen molar-refractivity contribution in [2.45, 2.75) is 25.9 Å². The summed E-state index contributed by atoms with van der Waals surface area (Å²) in [5.74, 6) is 0.0529. The van der Waals surface area contributed by atoms with Crippen LogP contribution in [-0.2, 0) is 0 Å². The van der Waals surface area contributed by atoms with Gasteiger partial charge < -0.3 is 0 Å². The normalized spacial score (nSPS) is 25.7. The monoisotopic (exact) mass is 320 g/mol. The third kappa shape index (κ3) is 3.50. The third-order valence-electron chi connectivity index (χ3n) is 3.76. The zero-order valence-corrected chi connectivity index (χ0v) is 13.6. The van der Waals surface area contributed by atoms with Gasteiger partial charge in [0.1, 0.15) is 4.34 Å². The highest BCUT2D eigenvalue weighted by Crippen LogP contribution is 2.31. The molecule has 2 rings (SSSR count). The van der Waals surface area contributed by atoms with E-state index in [0.717, 1.165) is 13.1 Å². The molecular weight excluding hydrogens is 303 g/mol. The molecule has 0 spiro atoms. The Morgan fingerprint density at radius 3 is 2.42 bits per heavy atom. The van der Waals surface area contributed by atoms with Crippen LogP contribution >= 0.6 is 34.5 Å². The summed E-state index contributed by atoms with van der Waals surface area (Å²) < 4.78 is 1.05. The maximum atomic E-state index is 12.3. The number of hydrogen-bond donors (Lipinski definition) is 0. The first kappa shape index (κ1) is 15.3. The molecule has 0 saturated carbocycles. The fourth-order valence-corrected chi connectivity index (χ4v) is 3.96. The Kier molecular flexibility index (Phi) is 4.90. The molecule has 6 heteroatoms. The lowest BCUT2D eigenvalue weighted by Gasteiger charge is -2.42. The molecule has 0 bridgehead atoms. The van der Waals surface area contributed by atoms with Crippen molar-refractivity contribution in [2.24, 2.45) is 0 Å². The molecule has 1 saturated heterocycles. The van der Waals surface area contributed by atoms with E-state index in [1.54, 1.807) is 6.07 Å². The molecule has 0 radical (unpaired) electrons. The molecule has 0 N–H and O–H groups in total. The van der Waals surface area contributed by atoms with Crippen molar-refractivity contribution in [1.82, 2.24) is 9.80 Å². The first-order chi connectivity index (χ1) is 8.88. The summed E-state index contributed by atoms with van der Waals surface area (Å²) in [5.41, 5.74) is 0.552. The number of likely N-dealkylation sites (N-methyl/N-ethyl adjacent to an activating group) is 1. The molecule has 1 aliphatic heterocycles. The summed E-state index contributed by atoms with van der Waals surface area (Å²) in [6.07, 6.45) is 0. The lowest BCUT2D eigenvalue weighted by atomic mass is 10.1. The smallest absolute Gasteiger partial charge is 0.179 e. The van der Waals surface area contributed by atoms with Crippen molar-refractivity contribution in [3.05, 3.63) is 20.3 Å². The zero-order chi connectivity index (χ0) is 14.2. The number of Topliss-reactive ketones (excluding diaryl/α,β-unsaturated/α-hetero) is 1. The Bertz CT molecular complexity index is 465. The van der Waals surface area contributed by atoms with E-state index in [1.165, 1.54) is 11.3 Å². The Morgan fingerprint density at radius 1 is 1.37 bits per heavy atom. The van der Waals surface area contributed by atoms with Gasteiger partial charge in [0, 0.05) is 25.2 Å². The van der Waals surface area contributed by atoms with Gasteiger partial charge in [-0.15, -0.1) is 11.3 Å². The largest absolute Gasteiger partial charge is 0.298 e. The maximum absolute atomic E-state index is 12.3. The number of ketones is 1. The Hall–Kier alpha value is -0.130. The van der Waals surface area contributed by atoms with E-state index < -0.39 is 0 Å². The summed E-state index contributed by atoms with van der Waals surface area (Å²) in [7, 11) is 2.13. The standard InChI is InChI=1S/C13H18Cl2N2OS/c1-8-5-17(6-9(2)16(8)3)7-11(18)10-4-12(14)19-13(10)15/h4,8-9H,5-7H2,1-3H3. The molecule has 2 heterocycles. The van der Waals surface area contributed by atoms with Crippen molar-refractivity contribution in [3.63, 3.8) is 0 Å². The number of nitrogens with zero attached hydrogens (tertiary/aromatic N) is 2. The van der Waals surface area contributed by atoms with Gasteiger partial charge in [0.2, 0.25) is 0 Å². The topological polar surface area (TPSA) is 23.6 Å². The van der Waals surface area contributed by atoms with Gasteiger partial charge in [-0.05, 0) is 27.0 Å². The predicted octanol–water partition coefficient (Wildman–Crippen LogP) is 3.26. The minimum Gasteiger partial charge on any atom is -0.298 e. The maximum Gasteiger partial charge on any atom is 0.179 e. The quantitative estimate of drug-likeness (QED) is 0.799. The van der Waals surface area contributed by atoms with Crippen LogP contribution < -0.4 is 0 Å². The lowest BCUT2D eigenvalue weighted by molar-refractivity contribution is 0.0549. The van der Waals surface area contributed by atoms with Crippen LogP contribution in [0, 0.1) is 0 Å². The molecule has 106 valence electrons. The second-order valence-corrected chi connectivity index (χ2v) is 7.50. The molecule has 1 fully saturated rings. The second-order valence-electron chi connectivity index (χ2n) is 5.22. The van der Waals surface area contributed by atoms with Crippen LogP contribution in [0.3, 0.4) is 0 Å². The summed E-state index contributed by atoms with van der Waals surface area (Å²) in [6, 6.07) is 2.58. The van der Waals surface area contributed by atoms with Gasteiger partial charge in [-0.1, -0.05) is 23.2 Å². The highest BCUT2D eigenvalue weighted by molar-refractivity contribution is 7.20. The number of thiophene rings is 1. The summed E-state index contributed by atoms with van der Waals surface area (Å²) in [4.78, 5) is 16.8. The Morgan fingerprint density at radius 2 is 1.95 bits per heavy atom. The molecular formula is C13H18Cl2N2OS. The predicted molar refractivity (Wildman–Crippen MR) is 81.8 cm³/mol. The zero-order valence-electron chi connectivity index (χ0n) is 11.3. The SMILES string of the molecule is CC1CN(CC(=O)c2cc(Cl)sc2Cl)CC(C)N1C. The molecule has 3 nitrogen and oxygen atoms in total. The third-order valence-corrected chi connectivity index (χ3v) is 5.25. The van der Waals surface area contributed by atoms with E-state index in [4.69, 9.17) is 23.2 Å². The summed E-state index contributed by atoms with van der Waals surface area (Å²) >= 11 is 13.1. The van der Waals surface area contributed by atoms with Crippen molar-refractivity contribution < 1.29 is 4.79 Å². The van der Waals surface area contributed by atoms with Crippen LogP contribution in [0.5, 0.6) is 0 Å². The summed E-state index contributed by atoms with van der Waals surface area (Å²) in [5, 5.41) is 0. The summed E-state index contributed by atoms with van der Waals surface area (Å²) in [6.45, 7) is 6.59. The second kappa shape index (κ2) is 6.10. The molecule has 0 amide bonds. The van der Waals surface area contributed by atoms with Gasteiger partial charge in [-0.2, -0.15) is 0 Å². The highest BCUT2D eigenvalue weighted by atomic mass is 35.5.